The smallest absolute Gasteiger partial charge is 0.258 e. The molecule has 0 saturated heterocycles. The van der Waals surface area contributed by atoms with Crippen molar-refractivity contribution in [1.82, 2.24) is 10.2 Å². The van der Waals surface area contributed by atoms with Crippen molar-refractivity contribution in [2.75, 3.05) is 20.2 Å². The van der Waals surface area contributed by atoms with Crippen molar-refractivity contribution >= 4 is 23.8 Å². The minimum absolute atomic E-state index is 0.00784. The Bertz CT molecular complexity index is 521. The molecule has 23 heavy (non-hydrogen) atoms. The number of unbranched alkanes of at least 4 members (excludes halogenated alkanes) is 2. The fourth-order valence-electron chi connectivity index (χ4n) is 2.51. The van der Waals surface area contributed by atoms with Crippen LogP contribution in [0.5, 0.6) is 5.75 Å². The Morgan fingerprint density at radius 2 is 2.13 bits per heavy atom. The Balaban J connectivity index is 1.61. The van der Waals surface area contributed by atoms with Crippen LogP contribution in [0.3, 0.4) is 0 Å². The number of likely N-dealkylation sites (N-methyl/N-ethyl adjacent to an activating group) is 1. The summed E-state index contributed by atoms with van der Waals surface area (Å²) in [6.45, 7) is 0.958. The highest BCUT2D eigenvalue weighted by Crippen LogP contribution is 2.27. The van der Waals surface area contributed by atoms with Crippen molar-refractivity contribution in [2.24, 2.45) is 0 Å². The Hall–Kier alpha value is -1.59. The summed E-state index contributed by atoms with van der Waals surface area (Å²) >= 11 is 5.79. The van der Waals surface area contributed by atoms with Gasteiger partial charge in [-0.25, -0.2) is 0 Å². The van der Waals surface area contributed by atoms with E-state index in [0.717, 1.165) is 32.1 Å². The van der Waals surface area contributed by atoms with Crippen LogP contribution in [0.15, 0.2) is 24.3 Å². The van der Waals surface area contributed by atoms with Crippen LogP contribution in [0.1, 0.15) is 25.7 Å². The van der Waals surface area contributed by atoms with E-state index in [4.69, 9.17) is 16.3 Å². The molecule has 126 valence electrons. The molecule has 6 heteroatoms. The molecule has 0 spiro atoms. The fraction of sp³-hybridized carbons (Fsp3) is 0.529. The molecule has 1 aliphatic carbocycles. The van der Waals surface area contributed by atoms with Crippen LogP contribution < -0.4 is 10.1 Å². The molecule has 0 aromatic heterocycles. The Kier molecular flexibility index (Phi) is 6.86. The first-order valence-corrected chi connectivity index (χ1v) is 8.29. The van der Waals surface area contributed by atoms with E-state index in [2.05, 4.69) is 17.3 Å². The van der Waals surface area contributed by atoms with Gasteiger partial charge >= 0.3 is 0 Å². The molecule has 5 nitrogen and oxygen atoms in total. The molecule has 0 aliphatic heterocycles. The van der Waals surface area contributed by atoms with Gasteiger partial charge < -0.3 is 19.7 Å². The van der Waals surface area contributed by atoms with Gasteiger partial charge in [0.2, 0.25) is 0 Å². The number of rotatable bonds is 10. The van der Waals surface area contributed by atoms with Crippen molar-refractivity contribution in [3.05, 3.63) is 29.3 Å². The summed E-state index contributed by atoms with van der Waals surface area (Å²) in [7, 11) is 2.06. The lowest BCUT2D eigenvalue weighted by molar-refractivity contribution is -0.123. The van der Waals surface area contributed by atoms with Gasteiger partial charge in [-0.15, -0.1) is 0 Å². The summed E-state index contributed by atoms with van der Waals surface area (Å²) in [6, 6.07) is 7.53. The molecule has 2 atom stereocenters. The van der Waals surface area contributed by atoms with Gasteiger partial charge in [-0.05, 0) is 57.1 Å². The second-order valence-electron chi connectivity index (χ2n) is 5.86. The molecule has 1 amide bonds. The minimum atomic E-state index is -0.109. The topological polar surface area (TPSA) is 58.6 Å². The molecule has 1 aliphatic rings. The second kappa shape index (κ2) is 8.89. The van der Waals surface area contributed by atoms with Gasteiger partial charge in [-0.3, -0.25) is 4.79 Å². The highest BCUT2D eigenvalue weighted by atomic mass is 35.5. The predicted molar refractivity (Wildman–Crippen MR) is 89.8 cm³/mol. The molecule has 0 radical (unpaired) electrons. The standard InChI is InChI=1S/C17H23ClN2O3/c1-20(9-3-2-4-10-21)16-11-15(16)19-17(22)12-23-14-7-5-13(18)6-8-14/h5-8,10,15-16H,2-4,9,11-12H2,1H3,(H,19,22). The van der Waals surface area contributed by atoms with Crippen molar-refractivity contribution in [3.8, 4) is 5.75 Å². The maximum Gasteiger partial charge on any atom is 0.258 e. The van der Waals surface area contributed by atoms with Crippen molar-refractivity contribution in [2.45, 2.75) is 37.8 Å². The van der Waals surface area contributed by atoms with Gasteiger partial charge in [-0.1, -0.05) is 11.6 Å². The molecule has 1 N–H and O–H groups in total. The summed E-state index contributed by atoms with van der Waals surface area (Å²) in [5.74, 6) is 0.519. The zero-order chi connectivity index (χ0) is 16.7. The largest absolute Gasteiger partial charge is 0.484 e. The summed E-state index contributed by atoms with van der Waals surface area (Å²) in [6.07, 6.45) is 4.48. The molecule has 1 saturated carbocycles. The Morgan fingerprint density at radius 1 is 1.39 bits per heavy atom. The molecule has 2 unspecified atom stereocenters. The highest BCUT2D eigenvalue weighted by molar-refractivity contribution is 6.30. The van der Waals surface area contributed by atoms with Crippen LogP contribution in [0.25, 0.3) is 0 Å². The van der Waals surface area contributed by atoms with Crippen molar-refractivity contribution in [3.63, 3.8) is 0 Å². The number of carbonyl (C=O) groups is 2. The van der Waals surface area contributed by atoms with Crippen LogP contribution in [0.4, 0.5) is 0 Å². The predicted octanol–water partition coefficient (Wildman–Crippen LogP) is 2.28. The lowest BCUT2D eigenvalue weighted by atomic mass is 10.2. The van der Waals surface area contributed by atoms with E-state index in [1.165, 1.54) is 0 Å². The molecule has 1 aromatic rings. The third-order valence-electron chi connectivity index (χ3n) is 3.94. The van der Waals surface area contributed by atoms with Crippen LogP contribution in [-0.4, -0.2) is 49.4 Å². The first-order valence-electron chi connectivity index (χ1n) is 7.91. The van der Waals surface area contributed by atoms with E-state index in [1.807, 2.05) is 0 Å². The van der Waals surface area contributed by atoms with Gasteiger partial charge in [-0.2, -0.15) is 0 Å². The average Bonchev–Trinajstić information content (AvgIpc) is 3.30. The number of hydrogen-bond acceptors (Lipinski definition) is 4. The number of ether oxygens (including phenoxy) is 1. The number of benzene rings is 1. The number of carbonyl (C=O) groups excluding carboxylic acids is 2. The van der Waals surface area contributed by atoms with Crippen LogP contribution >= 0.6 is 11.6 Å². The molecule has 0 heterocycles. The van der Waals surface area contributed by atoms with Gasteiger partial charge in [0.05, 0.1) is 0 Å². The Labute approximate surface area is 141 Å². The van der Waals surface area contributed by atoms with Crippen LogP contribution in [0.2, 0.25) is 5.02 Å². The molecule has 1 fully saturated rings. The minimum Gasteiger partial charge on any atom is -0.484 e. The van der Waals surface area contributed by atoms with Gasteiger partial charge in [0.1, 0.15) is 12.0 Å². The maximum absolute atomic E-state index is 11.9. The molecule has 0 bridgehead atoms. The van der Waals surface area contributed by atoms with Gasteiger partial charge in [0, 0.05) is 23.5 Å². The maximum atomic E-state index is 11.9. The monoisotopic (exact) mass is 338 g/mol. The zero-order valence-corrected chi connectivity index (χ0v) is 14.1. The van der Waals surface area contributed by atoms with E-state index in [1.54, 1.807) is 24.3 Å². The first kappa shape index (κ1) is 17.8. The molecule has 2 rings (SSSR count). The van der Waals surface area contributed by atoms with Gasteiger partial charge in [0.25, 0.3) is 5.91 Å². The summed E-state index contributed by atoms with van der Waals surface area (Å²) in [5.41, 5.74) is 0. The van der Waals surface area contributed by atoms with E-state index in [-0.39, 0.29) is 18.6 Å². The number of halogens is 1. The van der Waals surface area contributed by atoms with Gasteiger partial charge in [0.15, 0.2) is 6.61 Å². The lowest BCUT2D eigenvalue weighted by Crippen LogP contribution is -2.36. The summed E-state index contributed by atoms with van der Waals surface area (Å²) in [5, 5.41) is 3.62. The van der Waals surface area contributed by atoms with E-state index >= 15 is 0 Å². The normalized spacial score (nSPS) is 19.4. The van der Waals surface area contributed by atoms with Crippen LogP contribution in [0, 0.1) is 0 Å². The first-order chi connectivity index (χ1) is 11.1. The molecular weight excluding hydrogens is 316 g/mol. The van der Waals surface area contributed by atoms with E-state index in [0.29, 0.717) is 23.2 Å². The van der Waals surface area contributed by atoms with E-state index < -0.39 is 0 Å². The SMILES string of the molecule is CN(CCCCC=O)C1CC1NC(=O)COc1ccc(Cl)cc1. The number of nitrogens with one attached hydrogen (secondary N) is 1. The summed E-state index contributed by atoms with van der Waals surface area (Å²) in [4.78, 5) is 24.4. The number of hydrogen-bond donors (Lipinski definition) is 1. The third kappa shape index (κ3) is 6.20. The zero-order valence-electron chi connectivity index (χ0n) is 13.3. The summed E-state index contributed by atoms with van der Waals surface area (Å²) < 4.78 is 5.42. The van der Waals surface area contributed by atoms with Crippen molar-refractivity contribution in [1.29, 1.82) is 0 Å². The van der Waals surface area contributed by atoms with Crippen molar-refractivity contribution < 1.29 is 14.3 Å². The quantitative estimate of drug-likeness (QED) is 0.525. The Morgan fingerprint density at radius 3 is 2.83 bits per heavy atom. The van der Waals surface area contributed by atoms with Crippen LogP contribution in [-0.2, 0) is 9.59 Å². The second-order valence-corrected chi connectivity index (χ2v) is 6.30. The third-order valence-corrected chi connectivity index (χ3v) is 4.19. The number of amides is 1. The fourth-order valence-corrected chi connectivity index (χ4v) is 2.63. The lowest BCUT2D eigenvalue weighted by Gasteiger charge is -2.16. The average molecular weight is 339 g/mol. The highest BCUT2D eigenvalue weighted by Gasteiger charge is 2.40. The number of aldehydes is 1. The van der Waals surface area contributed by atoms with E-state index in [9.17, 15) is 9.59 Å². The molecule has 1 aromatic carbocycles. The molecular formula is C17H23ClN2O3. The number of nitrogens with zero attached hydrogens (tertiary/aromatic N) is 1.